The quantitative estimate of drug-likeness (QED) is 0.783. The van der Waals surface area contributed by atoms with E-state index in [9.17, 15) is 4.79 Å². The van der Waals surface area contributed by atoms with Crippen LogP contribution in [0.25, 0.3) is 0 Å². The Bertz CT molecular complexity index is 440. The van der Waals surface area contributed by atoms with E-state index in [1.165, 1.54) is 0 Å². The molecule has 0 saturated carbocycles. The van der Waals surface area contributed by atoms with Gasteiger partial charge in [0.05, 0.1) is 12.0 Å². The number of anilines is 1. The van der Waals surface area contributed by atoms with E-state index in [4.69, 9.17) is 5.26 Å². The molecule has 1 rings (SSSR count). The summed E-state index contributed by atoms with van der Waals surface area (Å²) < 4.78 is 0.785. The van der Waals surface area contributed by atoms with Crippen LogP contribution in [0.15, 0.2) is 22.7 Å². The summed E-state index contributed by atoms with van der Waals surface area (Å²) in [5, 5.41) is 8.83. The van der Waals surface area contributed by atoms with Gasteiger partial charge in [0, 0.05) is 28.8 Å². The molecule has 1 aromatic carbocycles. The Morgan fingerprint density at radius 1 is 1.59 bits per heavy atom. The molecule has 90 valence electrons. The van der Waals surface area contributed by atoms with Crippen molar-refractivity contribution in [3.63, 3.8) is 0 Å². The van der Waals surface area contributed by atoms with Crippen LogP contribution in [0, 0.1) is 17.2 Å². The fraction of sp³-hybridized carbons (Fsp3) is 0.385. The molecule has 1 atom stereocenters. The van der Waals surface area contributed by atoms with Crippen LogP contribution in [0.2, 0.25) is 0 Å². The second-order valence-corrected chi connectivity index (χ2v) is 4.75. The average molecular weight is 295 g/mol. The Morgan fingerprint density at radius 2 is 2.29 bits per heavy atom. The monoisotopic (exact) mass is 294 g/mol. The molecule has 0 saturated heterocycles. The van der Waals surface area contributed by atoms with Gasteiger partial charge in [-0.05, 0) is 48.0 Å². The van der Waals surface area contributed by atoms with E-state index in [1.54, 1.807) is 6.07 Å². The van der Waals surface area contributed by atoms with Crippen LogP contribution in [-0.4, -0.2) is 19.4 Å². The van der Waals surface area contributed by atoms with Gasteiger partial charge in [-0.25, -0.2) is 0 Å². The first-order valence-electron chi connectivity index (χ1n) is 5.51. The maximum atomic E-state index is 10.7. The lowest BCUT2D eigenvalue weighted by atomic mass is 10.1. The Balaban J connectivity index is 2.93. The maximum absolute atomic E-state index is 10.7. The summed E-state index contributed by atoms with van der Waals surface area (Å²) in [5.74, 6) is -0.0144. The van der Waals surface area contributed by atoms with E-state index < -0.39 is 0 Å². The molecular formula is C13H15BrN2O. The van der Waals surface area contributed by atoms with Crippen molar-refractivity contribution in [1.82, 2.24) is 0 Å². The van der Waals surface area contributed by atoms with E-state index in [2.05, 4.69) is 26.9 Å². The molecule has 4 heteroatoms. The zero-order valence-electron chi connectivity index (χ0n) is 9.98. The highest BCUT2D eigenvalue weighted by molar-refractivity contribution is 9.10. The lowest BCUT2D eigenvalue weighted by Crippen LogP contribution is -2.27. The highest BCUT2D eigenvalue weighted by atomic mass is 79.9. The second-order valence-electron chi connectivity index (χ2n) is 3.89. The first-order valence-corrected chi connectivity index (χ1v) is 6.31. The molecule has 0 aliphatic heterocycles. The molecule has 3 nitrogen and oxygen atoms in total. The third kappa shape index (κ3) is 3.57. The standard InChI is InChI=1S/C13H15BrN2O/c1-3-16(8-10(2)7-15)12-5-4-11(9-17)13(14)6-12/h4-6,9-10H,3,8H2,1-2H3. The molecule has 0 bridgehead atoms. The van der Waals surface area contributed by atoms with Gasteiger partial charge < -0.3 is 4.90 Å². The number of hydrogen-bond acceptors (Lipinski definition) is 3. The summed E-state index contributed by atoms with van der Waals surface area (Å²) in [5.41, 5.74) is 1.66. The van der Waals surface area contributed by atoms with Crippen molar-refractivity contribution in [3.05, 3.63) is 28.2 Å². The Labute approximate surface area is 110 Å². The molecule has 1 aromatic rings. The number of rotatable bonds is 5. The van der Waals surface area contributed by atoms with Gasteiger partial charge in [-0.15, -0.1) is 0 Å². The number of nitriles is 1. The zero-order valence-corrected chi connectivity index (χ0v) is 11.6. The molecule has 1 unspecified atom stereocenters. The van der Waals surface area contributed by atoms with Crippen LogP contribution in [0.4, 0.5) is 5.69 Å². The molecule has 0 spiro atoms. The topological polar surface area (TPSA) is 44.1 Å². The summed E-state index contributed by atoms with van der Waals surface area (Å²) in [6.45, 7) is 5.47. The largest absolute Gasteiger partial charge is 0.370 e. The first-order chi connectivity index (χ1) is 8.12. The molecular weight excluding hydrogens is 280 g/mol. The van der Waals surface area contributed by atoms with Gasteiger partial charge in [0.2, 0.25) is 0 Å². The fourth-order valence-electron chi connectivity index (χ4n) is 1.60. The number of benzene rings is 1. The van der Waals surface area contributed by atoms with Gasteiger partial charge in [0.15, 0.2) is 6.29 Å². The van der Waals surface area contributed by atoms with Gasteiger partial charge in [-0.3, -0.25) is 4.79 Å². The lowest BCUT2D eigenvalue weighted by Gasteiger charge is -2.24. The highest BCUT2D eigenvalue weighted by Crippen LogP contribution is 2.23. The number of aldehydes is 1. The van der Waals surface area contributed by atoms with E-state index in [0.29, 0.717) is 12.1 Å². The van der Waals surface area contributed by atoms with Crippen LogP contribution in [0.1, 0.15) is 24.2 Å². The average Bonchev–Trinajstić information content (AvgIpc) is 2.35. The first kappa shape index (κ1) is 13.7. The SMILES string of the molecule is CCN(CC(C)C#N)c1ccc(C=O)c(Br)c1. The summed E-state index contributed by atoms with van der Waals surface area (Å²) in [7, 11) is 0. The van der Waals surface area contributed by atoms with Gasteiger partial charge in [0.1, 0.15) is 0 Å². The van der Waals surface area contributed by atoms with E-state index in [-0.39, 0.29) is 5.92 Å². The molecule has 0 fully saturated rings. The Morgan fingerprint density at radius 3 is 2.76 bits per heavy atom. The van der Waals surface area contributed by atoms with Crippen molar-refractivity contribution < 1.29 is 4.79 Å². The van der Waals surface area contributed by atoms with Crippen LogP contribution >= 0.6 is 15.9 Å². The summed E-state index contributed by atoms with van der Waals surface area (Å²) in [6, 6.07) is 7.83. The van der Waals surface area contributed by atoms with Crippen LogP contribution in [0.3, 0.4) is 0 Å². The third-order valence-electron chi connectivity index (χ3n) is 2.57. The Hall–Kier alpha value is -1.34. The minimum Gasteiger partial charge on any atom is -0.370 e. The third-order valence-corrected chi connectivity index (χ3v) is 3.26. The van der Waals surface area contributed by atoms with Gasteiger partial charge >= 0.3 is 0 Å². The minimum absolute atomic E-state index is 0.0144. The second kappa shape index (κ2) is 6.41. The van der Waals surface area contributed by atoms with Crippen LogP contribution < -0.4 is 4.90 Å². The molecule has 0 aromatic heterocycles. The Kier molecular flexibility index (Phi) is 5.17. The van der Waals surface area contributed by atoms with Crippen molar-refractivity contribution in [2.45, 2.75) is 13.8 Å². The molecule has 0 N–H and O–H groups in total. The normalized spacial score (nSPS) is 11.6. The summed E-state index contributed by atoms with van der Waals surface area (Å²) >= 11 is 3.37. The molecule has 17 heavy (non-hydrogen) atoms. The molecule has 0 aliphatic carbocycles. The van der Waals surface area contributed by atoms with Crippen molar-refractivity contribution in [1.29, 1.82) is 5.26 Å². The minimum atomic E-state index is -0.0144. The van der Waals surface area contributed by atoms with E-state index in [1.807, 2.05) is 26.0 Å². The summed E-state index contributed by atoms with van der Waals surface area (Å²) in [6.07, 6.45) is 0.821. The smallest absolute Gasteiger partial charge is 0.151 e. The molecule has 0 radical (unpaired) electrons. The van der Waals surface area contributed by atoms with Crippen LogP contribution in [0.5, 0.6) is 0 Å². The van der Waals surface area contributed by atoms with E-state index in [0.717, 1.165) is 23.0 Å². The fourth-order valence-corrected chi connectivity index (χ4v) is 2.06. The van der Waals surface area contributed by atoms with Crippen molar-refractivity contribution in [3.8, 4) is 6.07 Å². The molecule has 0 aliphatic rings. The number of carbonyl (C=O) groups excluding carboxylic acids is 1. The van der Waals surface area contributed by atoms with Gasteiger partial charge in [0.25, 0.3) is 0 Å². The number of halogens is 1. The number of nitrogens with zero attached hydrogens (tertiary/aromatic N) is 2. The number of carbonyl (C=O) groups is 1. The van der Waals surface area contributed by atoms with Crippen molar-refractivity contribution in [2.24, 2.45) is 5.92 Å². The van der Waals surface area contributed by atoms with Crippen molar-refractivity contribution in [2.75, 3.05) is 18.0 Å². The zero-order chi connectivity index (χ0) is 12.8. The number of hydrogen-bond donors (Lipinski definition) is 0. The predicted octanol–water partition coefficient (Wildman–Crippen LogP) is 3.25. The molecule has 0 amide bonds. The highest BCUT2D eigenvalue weighted by Gasteiger charge is 2.10. The van der Waals surface area contributed by atoms with Gasteiger partial charge in [-0.2, -0.15) is 5.26 Å². The maximum Gasteiger partial charge on any atom is 0.151 e. The van der Waals surface area contributed by atoms with Gasteiger partial charge in [-0.1, -0.05) is 0 Å². The van der Waals surface area contributed by atoms with Crippen LogP contribution in [-0.2, 0) is 0 Å². The lowest BCUT2D eigenvalue weighted by molar-refractivity contribution is 0.112. The molecule has 0 heterocycles. The predicted molar refractivity (Wildman–Crippen MR) is 72.2 cm³/mol. The van der Waals surface area contributed by atoms with Crippen molar-refractivity contribution >= 4 is 27.9 Å². The summed E-state index contributed by atoms with van der Waals surface area (Å²) in [4.78, 5) is 12.8. The van der Waals surface area contributed by atoms with E-state index >= 15 is 0 Å².